The predicted octanol–water partition coefficient (Wildman–Crippen LogP) is -1.82. The smallest absolute Gasteiger partial charge is 0.237 e. The Morgan fingerprint density at radius 2 is 1.94 bits per heavy atom. The highest BCUT2D eigenvalue weighted by Crippen LogP contribution is 2.15. The quantitative estimate of drug-likeness (QED) is 0.565. The lowest BCUT2D eigenvalue weighted by atomic mass is 10.1. The highest BCUT2D eigenvalue weighted by molar-refractivity contribution is 5.79. The second kappa shape index (κ2) is 5.81. The molecule has 0 bridgehead atoms. The first-order chi connectivity index (χ1) is 7.70. The number of carbonyl (C=O) groups excluding carboxylic acids is 2. The van der Waals surface area contributed by atoms with E-state index in [1.165, 1.54) is 7.05 Å². The van der Waals surface area contributed by atoms with Gasteiger partial charge in [0.15, 0.2) is 0 Å². The van der Waals surface area contributed by atoms with E-state index in [-0.39, 0.29) is 11.9 Å². The molecule has 16 heavy (non-hydrogen) atoms. The molecule has 6 heteroatoms. The molecule has 2 rings (SSSR count). The van der Waals surface area contributed by atoms with Crippen LogP contribution in [0, 0.1) is 0 Å². The number of rotatable bonds is 2. The molecule has 0 aromatic rings. The van der Waals surface area contributed by atoms with Crippen LogP contribution in [0.1, 0.15) is 0 Å². The molecular weight excluding hydrogens is 208 g/mol. The van der Waals surface area contributed by atoms with Crippen LogP contribution in [-0.2, 0) is 9.59 Å². The van der Waals surface area contributed by atoms with Gasteiger partial charge in [0.1, 0.15) is 0 Å². The number of hydrogen-bond acceptors (Lipinski definition) is 4. The van der Waals surface area contributed by atoms with Crippen molar-refractivity contribution in [3.63, 3.8) is 0 Å². The zero-order chi connectivity index (χ0) is 12.1. The van der Waals surface area contributed by atoms with Crippen molar-refractivity contribution >= 4 is 12.3 Å². The molecule has 0 atom stereocenters. The van der Waals surface area contributed by atoms with Gasteiger partial charge < -0.3 is 15.5 Å². The lowest BCUT2D eigenvalue weighted by Crippen LogP contribution is -2.64. The number of likely N-dealkylation sites (tertiary alicyclic amines) is 1. The second-order valence-corrected chi connectivity index (χ2v) is 4.04. The van der Waals surface area contributed by atoms with Crippen LogP contribution >= 0.6 is 0 Å². The normalized spacial score (nSPS) is 22.3. The molecule has 2 N–H and O–H groups in total. The van der Waals surface area contributed by atoms with E-state index in [1.54, 1.807) is 4.90 Å². The number of likely N-dealkylation sites (N-methyl/N-ethyl adjacent to an activating group) is 1. The summed E-state index contributed by atoms with van der Waals surface area (Å²) in [4.78, 5) is 27.6. The van der Waals surface area contributed by atoms with Gasteiger partial charge in [-0.1, -0.05) is 0 Å². The largest absolute Gasteiger partial charge is 0.341 e. The molecule has 2 heterocycles. The molecule has 2 aliphatic heterocycles. The Morgan fingerprint density at radius 3 is 2.44 bits per heavy atom. The lowest BCUT2D eigenvalue weighted by molar-refractivity contribution is -0.145. The van der Waals surface area contributed by atoms with Crippen molar-refractivity contribution < 1.29 is 9.59 Å². The van der Waals surface area contributed by atoms with Crippen LogP contribution in [0.25, 0.3) is 0 Å². The van der Waals surface area contributed by atoms with Crippen molar-refractivity contribution in [1.29, 1.82) is 0 Å². The molecule has 0 spiro atoms. The zero-order valence-corrected chi connectivity index (χ0v) is 9.93. The summed E-state index contributed by atoms with van der Waals surface area (Å²) in [6.07, 6.45) is 0.844. The van der Waals surface area contributed by atoms with Crippen LogP contribution in [0.15, 0.2) is 0 Å². The second-order valence-electron chi connectivity index (χ2n) is 4.04. The fourth-order valence-corrected chi connectivity index (χ4v) is 1.96. The van der Waals surface area contributed by atoms with Gasteiger partial charge in [-0.2, -0.15) is 0 Å². The lowest BCUT2D eigenvalue weighted by Gasteiger charge is -2.46. The highest BCUT2D eigenvalue weighted by Gasteiger charge is 2.35. The molecule has 2 saturated heterocycles. The monoisotopic (exact) mass is 228 g/mol. The standard InChI is InChI=1S/C9H15N3O2.CH5N/c1-10-2-3-12(9(14)6-10)8-4-11(5-8)7-13;1-2/h7-8H,2-6H2,1H3;2H2,1H3. The van der Waals surface area contributed by atoms with E-state index in [0.29, 0.717) is 19.6 Å². The Morgan fingerprint density at radius 1 is 1.31 bits per heavy atom. The third-order valence-corrected chi connectivity index (χ3v) is 2.93. The van der Waals surface area contributed by atoms with Crippen molar-refractivity contribution in [3.8, 4) is 0 Å². The number of nitrogens with two attached hydrogens (primary N) is 1. The third kappa shape index (κ3) is 2.70. The third-order valence-electron chi connectivity index (χ3n) is 2.93. The van der Waals surface area contributed by atoms with Crippen LogP contribution in [-0.4, -0.2) is 79.9 Å². The minimum absolute atomic E-state index is 0.189. The van der Waals surface area contributed by atoms with E-state index in [2.05, 4.69) is 5.73 Å². The van der Waals surface area contributed by atoms with Crippen molar-refractivity contribution in [3.05, 3.63) is 0 Å². The molecule has 2 fully saturated rings. The van der Waals surface area contributed by atoms with E-state index in [0.717, 1.165) is 19.5 Å². The Hall–Kier alpha value is -1.14. The van der Waals surface area contributed by atoms with Gasteiger partial charge in [0, 0.05) is 26.2 Å². The maximum atomic E-state index is 11.6. The fourth-order valence-electron chi connectivity index (χ4n) is 1.96. The first-order valence-electron chi connectivity index (χ1n) is 5.46. The van der Waals surface area contributed by atoms with Crippen molar-refractivity contribution in [2.45, 2.75) is 6.04 Å². The number of amides is 2. The van der Waals surface area contributed by atoms with Crippen LogP contribution in [0.2, 0.25) is 0 Å². The van der Waals surface area contributed by atoms with Crippen LogP contribution in [0.4, 0.5) is 0 Å². The van der Waals surface area contributed by atoms with Crippen molar-refractivity contribution in [1.82, 2.24) is 14.7 Å². The average Bonchev–Trinajstić information content (AvgIpc) is 2.22. The first kappa shape index (κ1) is 12.9. The van der Waals surface area contributed by atoms with Gasteiger partial charge in [-0.15, -0.1) is 0 Å². The summed E-state index contributed by atoms with van der Waals surface area (Å²) in [6.45, 7) is 3.66. The van der Waals surface area contributed by atoms with Crippen LogP contribution in [0.5, 0.6) is 0 Å². The number of hydrogen-bond donors (Lipinski definition) is 1. The highest BCUT2D eigenvalue weighted by atomic mass is 16.2. The summed E-state index contributed by atoms with van der Waals surface area (Å²) in [6, 6.07) is 0.265. The summed E-state index contributed by atoms with van der Waals surface area (Å²) in [5, 5.41) is 0. The molecule has 0 aliphatic carbocycles. The SMILES string of the molecule is CN.CN1CCN(C2CN(C=O)C2)C(=O)C1. The van der Waals surface area contributed by atoms with E-state index < -0.39 is 0 Å². The maximum absolute atomic E-state index is 11.6. The number of piperazine rings is 1. The molecular formula is C10H20N4O2. The molecule has 0 aromatic carbocycles. The van der Waals surface area contributed by atoms with Crippen molar-refractivity contribution in [2.24, 2.45) is 5.73 Å². The molecule has 0 unspecified atom stereocenters. The minimum atomic E-state index is 0.189. The van der Waals surface area contributed by atoms with Gasteiger partial charge in [0.05, 0.1) is 12.6 Å². The summed E-state index contributed by atoms with van der Waals surface area (Å²) >= 11 is 0. The Labute approximate surface area is 96.0 Å². The van der Waals surface area contributed by atoms with Gasteiger partial charge >= 0.3 is 0 Å². The van der Waals surface area contributed by atoms with Crippen LogP contribution < -0.4 is 5.73 Å². The van der Waals surface area contributed by atoms with E-state index >= 15 is 0 Å². The van der Waals surface area contributed by atoms with Gasteiger partial charge in [0.2, 0.25) is 12.3 Å². The van der Waals surface area contributed by atoms with E-state index in [9.17, 15) is 9.59 Å². The van der Waals surface area contributed by atoms with Crippen molar-refractivity contribution in [2.75, 3.05) is 46.8 Å². The van der Waals surface area contributed by atoms with Gasteiger partial charge in [0.25, 0.3) is 0 Å². The Balaban J connectivity index is 0.000000606. The molecule has 0 aromatic heterocycles. The molecule has 92 valence electrons. The van der Waals surface area contributed by atoms with Gasteiger partial charge in [-0.05, 0) is 14.1 Å². The molecule has 2 amide bonds. The predicted molar refractivity (Wildman–Crippen MR) is 60.7 cm³/mol. The topological polar surface area (TPSA) is 69.9 Å². The van der Waals surface area contributed by atoms with Gasteiger partial charge in [-0.25, -0.2) is 0 Å². The van der Waals surface area contributed by atoms with Gasteiger partial charge in [-0.3, -0.25) is 14.5 Å². The fraction of sp³-hybridized carbons (Fsp3) is 0.800. The first-order valence-corrected chi connectivity index (χ1v) is 5.46. The Kier molecular flexibility index (Phi) is 4.70. The molecule has 0 radical (unpaired) electrons. The molecule has 6 nitrogen and oxygen atoms in total. The number of nitrogens with zero attached hydrogens (tertiary/aromatic N) is 3. The minimum Gasteiger partial charge on any atom is -0.341 e. The number of carbonyl (C=O) groups is 2. The maximum Gasteiger partial charge on any atom is 0.237 e. The zero-order valence-electron chi connectivity index (χ0n) is 9.93. The average molecular weight is 228 g/mol. The molecule has 0 saturated carbocycles. The summed E-state index contributed by atoms with van der Waals surface area (Å²) < 4.78 is 0. The molecule has 2 aliphatic rings. The van der Waals surface area contributed by atoms with Crippen LogP contribution in [0.3, 0.4) is 0 Å². The van der Waals surface area contributed by atoms with E-state index in [4.69, 9.17) is 0 Å². The summed E-state index contributed by atoms with van der Waals surface area (Å²) in [5.41, 5.74) is 4.50. The summed E-state index contributed by atoms with van der Waals surface area (Å²) in [5.74, 6) is 0.189. The summed E-state index contributed by atoms with van der Waals surface area (Å²) in [7, 11) is 3.45. The van der Waals surface area contributed by atoms with E-state index in [1.807, 2.05) is 16.8 Å². The Bertz CT molecular complexity index is 253.